The lowest BCUT2D eigenvalue weighted by Crippen LogP contribution is -2.42. The van der Waals surface area contributed by atoms with Crippen LogP contribution in [0.5, 0.6) is 0 Å². The van der Waals surface area contributed by atoms with E-state index in [0.717, 1.165) is 18.5 Å². The van der Waals surface area contributed by atoms with Gasteiger partial charge in [0.1, 0.15) is 0 Å². The lowest BCUT2D eigenvalue weighted by molar-refractivity contribution is -0.385. The monoisotopic (exact) mass is 266 g/mol. The molecule has 0 saturated heterocycles. The summed E-state index contributed by atoms with van der Waals surface area (Å²) in [4.78, 5) is 12.4. The first kappa shape index (κ1) is 13.8. The van der Waals surface area contributed by atoms with E-state index in [-0.39, 0.29) is 18.9 Å². The molecule has 0 amide bonds. The average Bonchev–Trinajstić information content (AvgIpc) is 2.35. The number of hydrogen-bond acceptors (Lipinski definition) is 5. The van der Waals surface area contributed by atoms with E-state index in [1.165, 1.54) is 12.5 Å². The Balaban J connectivity index is 2.29. The summed E-state index contributed by atoms with van der Waals surface area (Å²) < 4.78 is 0. The number of hydrogen-bond donors (Lipinski definition) is 2. The highest BCUT2D eigenvalue weighted by Gasteiger charge is 2.26. The molecule has 6 heteroatoms. The lowest BCUT2D eigenvalue weighted by Gasteiger charge is -2.39. The third-order valence-corrected chi connectivity index (χ3v) is 3.62. The van der Waals surface area contributed by atoms with Crippen molar-refractivity contribution < 1.29 is 15.1 Å². The van der Waals surface area contributed by atoms with Crippen LogP contribution in [0.15, 0.2) is 18.2 Å². The summed E-state index contributed by atoms with van der Waals surface area (Å²) in [5.74, 6) is 0. The van der Waals surface area contributed by atoms with Gasteiger partial charge in [0.25, 0.3) is 5.69 Å². The SMILES string of the molecule is O=[N+]([O-])c1ccc(N(CCO)C2CCC2)cc1CO. The molecule has 2 N–H and O–H groups in total. The average molecular weight is 266 g/mol. The number of benzene rings is 1. The second-order valence-corrected chi connectivity index (χ2v) is 4.73. The van der Waals surface area contributed by atoms with Gasteiger partial charge in [-0.3, -0.25) is 10.1 Å². The van der Waals surface area contributed by atoms with Gasteiger partial charge >= 0.3 is 0 Å². The van der Waals surface area contributed by atoms with Crippen molar-refractivity contribution in [2.24, 2.45) is 0 Å². The maximum absolute atomic E-state index is 10.8. The van der Waals surface area contributed by atoms with Crippen molar-refractivity contribution in [3.05, 3.63) is 33.9 Å². The Morgan fingerprint density at radius 1 is 1.37 bits per heavy atom. The molecule has 1 fully saturated rings. The smallest absolute Gasteiger partial charge is 0.275 e. The summed E-state index contributed by atoms with van der Waals surface area (Å²) in [6, 6.07) is 5.14. The molecule has 0 aromatic heterocycles. The third-order valence-electron chi connectivity index (χ3n) is 3.62. The quantitative estimate of drug-likeness (QED) is 0.601. The molecule has 1 aliphatic carbocycles. The highest BCUT2D eigenvalue weighted by molar-refractivity contribution is 5.56. The zero-order valence-corrected chi connectivity index (χ0v) is 10.7. The van der Waals surface area contributed by atoms with E-state index in [0.29, 0.717) is 18.2 Å². The Labute approximate surface area is 111 Å². The van der Waals surface area contributed by atoms with Crippen LogP contribution in [0.1, 0.15) is 24.8 Å². The first-order valence-electron chi connectivity index (χ1n) is 6.43. The standard InChI is InChI=1S/C13H18N2O4/c16-7-6-14(11-2-1-3-11)12-4-5-13(15(18)19)10(8-12)9-17/h4-5,8,11,16-17H,1-3,6-7,9H2. The molecule has 0 spiro atoms. The first-order valence-corrected chi connectivity index (χ1v) is 6.43. The van der Waals surface area contributed by atoms with Crippen molar-refractivity contribution in [3.63, 3.8) is 0 Å². The highest BCUT2D eigenvalue weighted by Crippen LogP contribution is 2.32. The minimum Gasteiger partial charge on any atom is -0.395 e. The fourth-order valence-electron chi connectivity index (χ4n) is 2.38. The number of nitro benzene ring substituents is 1. The molecule has 0 aliphatic heterocycles. The Morgan fingerprint density at radius 3 is 2.58 bits per heavy atom. The van der Waals surface area contributed by atoms with Gasteiger partial charge in [0, 0.05) is 24.3 Å². The molecule has 0 bridgehead atoms. The summed E-state index contributed by atoms with van der Waals surface area (Å²) >= 11 is 0. The summed E-state index contributed by atoms with van der Waals surface area (Å²) in [6.45, 7) is 0.192. The second kappa shape index (κ2) is 5.99. The van der Waals surface area contributed by atoms with E-state index in [1.54, 1.807) is 12.1 Å². The Morgan fingerprint density at radius 2 is 2.11 bits per heavy atom. The third kappa shape index (κ3) is 2.85. The number of rotatable bonds is 6. The molecule has 0 atom stereocenters. The number of anilines is 1. The van der Waals surface area contributed by atoms with Crippen LogP contribution in [0, 0.1) is 10.1 Å². The number of nitro groups is 1. The normalized spacial score (nSPS) is 15.1. The van der Waals surface area contributed by atoms with E-state index in [4.69, 9.17) is 5.11 Å². The van der Waals surface area contributed by atoms with Crippen molar-refractivity contribution in [1.82, 2.24) is 0 Å². The van der Waals surface area contributed by atoms with Gasteiger partial charge in [-0.15, -0.1) is 0 Å². The van der Waals surface area contributed by atoms with Crippen LogP contribution in [0.3, 0.4) is 0 Å². The van der Waals surface area contributed by atoms with Crippen LogP contribution >= 0.6 is 0 Å². The summed E-state index contributed by atoms with van der Waals surface area (Å²) in [7, 11) is 0. The maximum Gasteiger partial charge on any atom is 0.275 e. The fourth-order valence-corrected chi connectivity index (χ4v) is 2.38. The zero-order valence-electron chi connectivity index (χ0n) is 10.7. The van der Waals surface area contributed by atoms with Gasteiger partial charge in [0.05, 0.1) is 23.7 Å². The molecular formula is C13H18N2O4. The van der Waals surface area contributed by atoms with Gasteiger partial charge in [0.2, 0.25) is 0 Å². The summed E-state index contributed by atoms with van der Waals surface area (Å²) in [5.41, 5.74) is 1.07. The lowest BCUT2D eigenvalue weighted by atomic mass is 9.91. The molecule has 6 nitrogen and oxygen atoms in total. The molecule has 0 radical (unpaired) electrons. The molecule has 0 heterocycles. The maximum atomic E-state index is 10.8. The molecule has 104 valence electrons. The van der Waals surface area contributed by atoms with Gasteiger partial charge in [-0.05, 0) is 31.4 Å². The summed E-state index contributed by atoms with van der Waals surface area (Å²) in [6.07, 6.45) is 3.32. The molecule has 1 aromatic carbocycles. The minimum atomic E-state index is -0.491. The Hall–Kier alpha value is -1.66. The van der Waals surface area contributed by atoms with Gasteiger partial charge in [-0.25, -0.2) is 0 Å². The van der Waals surface area contributed by atoms with Crippen molar-refractivity contribution in [2.75, 3.05) is 18.1 Å². The molecule has 1 aromatic rings. The highest BCUT2D eigenvalue weighted by atomic mass is 16.6. The number of aliphatic hydroxyl groups excluding tert-OH is 2. The predicted octanol–water partition coefficient (Wildman–Crippen LogP) is 1.44. The zero-order chi connectivity index (χ0) is 13.8. The Bertz CT molecular complexity index is 460. The van der Waals surface area contributed by atoms with Crippen molar-refractivity contribution in [3.8, 4) is 0 Å². The van der Waals surface area contributed by atoms with E-state index in [1.807, 2.05) is 0 Å². The van der Waals surface area contributed by atoms with Gasteiger partial charge in [0.15, 0.2) is 0 Å². The van der Waals surface area contributed by atoms with Gasteiger partial charge in [-0.1, -0.05) is 0 Å². The molecule has 1 saturated carbocycles. The van der Waals surface area contributed by atoms with Crippen LogP contribution < -0.4 is 4.90 Å². The molecular weight excluding hydrogens is 248 g/mol. The Kier molecular flexibility index (Phi) is 4.34. The van der Waals surface area contributed by atoms with Crippen molar-refractivity contribution >= 4 is 11.4 Å². The van der Waals surface area contributed by atoms with Crippen LogP contribution in [0.4, 0.5) is 11.4 Å². The van der Waals surface area contributed by atoms with Crippen LogP contribution in [0.25, 0.3) is 0 Å². The van der Waals surface area contributed by atoms with Crippen LogP contribution in [-0.4, -0.2) is 34.3 Å². The topological polar surface area (TPSA) is 86.8 Å². The number of nitrogens with zero attached hydrogens (tertiary/aromatic N) is 2. The van der Waals surface area contributed by atoms with Crippen LogP contribution in [-0.2, 0) is 6.61 Å². The molecule has 0 unspecified atom stereocenters. The molecule has 19 heavy (non-hydrogen) atoms. The largest absolute Gasteiger partial charge is 0.395 e. The van der Waals surface area contributed by atoms with E-state index >= 15 is 0 Å². The molecule has 1 aliphatic rings. The minimum absolute atomic E-state index is 0.0436. The fraction of sp³-hybridized carbons (Fsp3) is 0.538. The van der Waals surface area contributed by atoms with Gasteiger partial charge in [-0.2, -0.15) is 0 Å². The number of aliphatic hydroxyl groups is 2. The van der Waals surface area contributed by atoms with Gasteiger partial charge < -0.3 is 15.1 Å². The van der Waals surface area contributed by atoms with Crippen LogP contribution in [0.2, 0.25) is 0 Å². The van der Waals surface area contributed by atoms with E-state index in [2.05, 4.69) is 4.90 Å². The van der Waals surface area contributed by atoms with E-state index in [9.17, 15) is 15.2 Å². The summed E-state index contributed by atoms with van der Waals surface area (Å²) in [5, 5.41) is 29.2. The van der Waals surface area contributed by atoms with Crippen molar-refractivity contribution in [2.45, 2.75) is 31.9 Å². The van der Waals surface area contributed by atoms with Crippen molar-refractivity contribution in [1.29, 1.82) is 0 Å². The van der Waals surface area contributed by atoms with E-state index < -0.39 is 4.92 Å². The molecule has 2 rings (SSSR count). The first-order chi connectivity index (χ1) is 9.17. The second-order valence-electron chi connectivity index (χ2n) is 4.73. The predicted molar refractivity (Wildman–Crippen MR) is 71.1 cm³/mol.